The first-order valence-corrected chi connectivity index (χ1v) is 11.9. The number of aryl methyl sites for hydroxylation is 2. The molecule has 34 heavy (non-hydrogen) atoms. The van der Waals surface area contributed by atoms with Gasteiger partial charge in [-0.1, -0.05) is 35.5 Å². The molecule has 1 aromatic carbocycles. The number of nitrogens with zero attached hydrogens (tertiary/aromatic N) is 9. The Labute approximate surface area is 203 Å². The highest BCUT2D eigenvalue weighted by Gasteiger charge is 2.30. The summed E-state index contributed by atoms with van der Waals surface area (Å²) in [4.78, 5) is 25.9. The lowest BCUT2D eigenvalue weighted by molar-refractivity contribution is -0.152. The lowest BCUT2D eigenvalue weighted by Gasteiger charge is -2.26. The molecule has 13 heteroatoms. The summed E-state index contributed by atoms with van der Waals surface area (Å²) in [5.74, 6) is -0.0215. The highest BCUT2D eigenvalue weighted by molar-refractivity contribution is 7.99. The predicted octanol–water partition coefficient (Wildman–Crippen LogP) is 2.15. The van der Waals surface area contributed by atoms with Gasteiger partial charge in [-0.05, 0) is 31.6 Å². The van der Waals surface area contributed by atoms with Crippen molar-refractivity contribution in [2.75, 3.05) is 18.8 Å². The summed E-state index contributed by atoms with van der Waals surface area (Å²) in [6.07, 6.45) is 3.76. The fraction of sp³-hybridized carbons (Fsp3) is 0.286. The molecule has 0 atom stereocenters. The summed E-state index contributed by atoms with van der Waals surface area (Å²) in [5.41, 5.74) is 2.91. The maximum atomic E-state index is 13.0. The number of amides is 2. The average Bonchev–Trinajstić information content (AvgIpc) is 3.55. The molecule has 4 aromatic rings. The Kier molecular flexibility index (Phi) is 5.92. The predicted molar refractivity (Wildman–Crippen MR) is 127 cm³/mol. The monoisotopic (exact) mass is 497 g/mol. The molecule has 0 saturated carbocycles. The third kappa shape index (κ3) is 3.99. The van der Waals surface area contributed by atoms with Gasteiger partial charge < -0.3 is 0 Å². The number of para-hydroxylation sites is 1. The van der Waals surface area contributed by atoms with Crippen LogP contribution in [0.1, 0.15) is 17.7 Å². The summed E-state index contributed by atoms with van der Waals surface area (Å²) in [6, 6.07) is 7.52. The van der Waals surface area contributed by atoms with E-state index in [0.29, 0.717) is 46.7 Å². The van der Waals surface area contributed by atoms with E-state index < -0.39 is 0 Å². The SMILES string of the molecule is Cc1nn(C)c(Cl)c1/C=C/C(=O)N1CCCN1C(=O)CSc1nnc2nnc3ccccc3n12. The minimum atomic E-state index is -0.288. The van der Waals surface area contributed by atoms with Crippen LogP contribution in [0, 0.1) is 6.92 Å². The van der Waals surface area contributed by atoms with Gasteiger partial charge >= 0.3 is 0 Å². The molecule has 5 rings (SSSR count). The van der Waals surface area contributed by atoms with E-state index in [9.17, 15) is 9.59 Å². The second kappa shape index (κ2) is 9.03. The number of thioether (sulfide) groups is 1. The van der Waals surface area contributed by atoms with E-state index in [1.807, 2.05) is 31.2 Å². The standard InChI is InChI=1S/C21H20ClN9O2S/c1-13-14(19(22)28(2)27-13)8-9-17(32)29-10-5-11-30(29)18(33)12-34-21-26-25-20-24-23-15-6-3-4-7-16(15)31(20)21/h3-4,6-9H,5,10-12H2,1-2H3/b9-8+. The third-order valence-corrected chi connectivity index (χ3v) is 6.84. The Bertz CT molecular complexity index is 1450. The molecule has 1 aliphatic heterocycles. The summed E-state index contributed by atoms with van der Waals surface area (Å²) < 4.78 is 3.32. The van der Waals surface area contributed by atoms with Gasteiger partial charge in [0.05, 0.1) is 17.0 Å². The van der Waals surface area contributed by atoms with E-state index in [1.165, 1.54) is 27.9 Å². The van der Waals surface area contributed by atoms with E-state index in [4.69, 9.17) is 11.6 Å². The highest BCUT2D eigenvalue weighted by Crippen LogP contribution is 2.23. The molecule has 0 unspecified atom stereocenters. The molecule has 2 amide bonds. The molecule has 3 aromatic heterocycles. The molecule has 174 valence electrons. The van der Waals surface area contributed by atoms with Crippen molar-refractivity contribution in [2.45, 2.75) is 18.5 Å². The maximum Gasteiger partial charge on any atom is 0.275 e. The molecule has 0 spiro atoms. The van der Waals surface area contributed by atoms with Crippen molar-refractivity contribution in [1.82, 2.24) is 44.6 Å². The zero-order valence-corrected chi connectivity index (χ0v) is 20.0. The molecular formula is C21H20ClN9O2S. The second-order valence-corrected chi connectivity index (χ2v) is 8.97. The molecule has 0 radical (unpaired) electrons. The van der Waals surface area contributed by atoms with Crippen LogP contribution in [0.25, 0.3) is 22.9 Å². The van der Waals surface area contributed by atoms with Crippen molar-refractivity contribution < 1.29 is 9.59 Å². The summed E-state index contributed by atoms with van der Waals surface area (Å²) in [5, 5.41) is 24.6. The molecule has 0 bridgehead atoms. The number of rotatable bonds is 5. The van der Waals surface area contributed by atoms with Crippen molar-refractivity contribution in [3.63, 3.8) is 0 Å². The lowest BCUT2D eigenvalue weighted by Crippen LogP contribution is -2.45. The molecule has 11 nitrogen and oxygen atoms in total. The first kappa shape index (κ1) is 22.3. The number of hydrogen-bond acceptors (Lipinski definition) is 8. The first-order chi connectivity index (χ1) is 16.4. The molecular weight excluding hydrogens is 478 g/mol. The Morgan fingerprint density at radius 1 is 1.12 bits per heavy atom. The lowest BCUT2D eigenvalue weighted by atomic mass is 10.2. The van der Waals surface area contributed by atoms with Crippen molar-refractivity contribution >= 4 is 58.1 Å². The Balaban J connectivity index is 1.30. The molecule has 1 aliphatic rings. The van der Waals surface area contributed by atoms with E-state index in [-0.39, 0.29) is 17.6 Å². The molecule has 0 aliphatic carbocycles. The van der Waals surface area contributed by atoms with E-state index in [0.717, 1.165) is 11.2 Å². The van der Waals surface area contributed by atoms with Gasteiger partial charge in [0.2, 0.25) is 0 Å². The normalized spacial score (nSPS) is 14.2. The van der Waals surface area contributed by atoms with Crippen LogP contribution >= 0.6 is 23.4 Å². The minimum Gasteiger partial charge on any atom is -0.272 e. The Morgan fingerprint density at radius 3 is 2.68 bits per heavy atom. The van der Waals surface area contributed by atoms with Crippen LogP contribution in [0.4, 0.5) is 0 Å². The van der Waals surface area contributed by atoms with Crippen LogP contribution in [0.3, 0.4) is 0 Å². The zero-order valence-electron chi connectivity index (χ0n) is 18.4. The number of halogens is 1. The average molecular weight is 498 g/mol. The van der Waals surface area contributed by atoms with Gasteiger partial charge in [-0.2, -0.15) is 5.10 Å². The molecule has 1 saturated heterocycles. The fourth-order valence-corrected chi connectivity index (χ4v) is 4.89. The van der Waals surface area contributed by atoms with Gasteiger partial charge in [-0.25, -0.2) is 5.01 Å². The number of benzene rings is 1. The van der Waals surface area contributed by atoms with Gasteiger partial charge in [0.25, 0.3) is 17.6 Å². The summed E-state index contributed by atoms with van der Waals surface area (Å²) >= 11 is 7.48. The quantitative estimate of drug-likeness (QED) is 0.304. The molecule has 4 heterocycles. The molecule has 1 fully saturated rings. The molecule has 0 N–H and O–H groups in total. The van der Waals surface area contributed by atoms with Crippen molar-refractivity contribution in [1.29, 1.82) is 0 Å². The number of fused-ring (bicyclic) bond motifs is 3. The smallest absolute Gasteiger partial charge is 0.272 e. The second-order valence-electron chi connectivity index (χ2n) is 7.67. The summed E-state index contributed by atoms with van der Waals surface area (Å²) in [6.45, 7) is 2.76. The summed E-state index contributed by atoms with van der Waals surface area (Å²) in [7, 11) is 1.74. The van der Waals surface area contributed by atoms with Crippen LogP contribution in [-0.2, 0) is 16.6 Å². The highest BCUT2D eigenvalue weighted by atomic mass is 35.5. The van der Waals surface area contributed by atoms with Crippen molar-refractivity contribution in [2.24, 2.45) is 7.05 Å². The van der Waals surface area contributed by atoms with Crippen LogP contribution in [-0.4, -0.2) is 75.3 Å². The van der Waals surface area contributed by atoms with Crippen molar-refractivity contribution in [3.05, 3.63) is 46.8 Å². The van der Waals surface area contributed by atoms with Gasteiger partial charge in [0.1, 0.15) is 10.7 Å². The number of carbonyl (C=O) groups is 2. The number of hydrogen-bond donors (Lipinski definition) is 0. The minimum absolute atomic E-state index is 0.0957. The maximum absolute atomic E-state index is 13.0. The van der Waals surface area contributed by atoms with Gasteiger partial charge in [-0.15, -0.1) is 20.4 Å². The zero-order chi connectivity index (χ0) is 23.8. The Morgan fingerprint density at radius 2 is 1.88 bits per heavy atom. The van der Waals surface area contributed by atoms with Gasteiger partial charge in [-0.3, -0.25) is 23.7 Å². The van der Waals surface area contributed by atoms with Crippen LogP contribution in [0.15, 0.2) is 35.5 Å². The third-order valence-electron chi connectivity index (χ3n) is 5.47. The van der Waals surface area contributed by atoms with Crippen LogP contribution in [0.5, 0.6) is 0 Å². The van der Waals surface area contributed by atoms with Gasteiger partial charge in [0, 0.05) is 31.8 Å². The first-order valence-electron chi connectivity index (χ1n) is 10.5. The fourth-order valence-electron chi connectivity index (χ4n) is 3.85. The number of hydrazine groups is 1. The van der Waals surface area contributed by atoms with E-state index in [2.05, 4.69) is 25.5 Å². The number of aromatic nitrogens is 7. The topological polar surface area (TPSA) is 114 Å². The Hall–Kier alpha value is -3.51. The van der Waals surface area contributed by atoms with Gasteiger partial charge in [0.15, 0.2) is 5.16 Å². The largest absolute Gasteiger partial charge is 0.275 e. The number of carbonyl (C=O) groups excluding carboxylic acids is 2. The van der Waals surface area contributed by atoms with E-state index in [1.54, 1.807) is 22.2 Å². The van der Waals surface area contributed by atoms with Crippen molar-refractivity contribution in [3.8, 4) is 0 Å². The van der Waals surface area contributed by atoms with Crippen LogP contribution < -0.4 is 0 Å². The van der Waals surface area contributed by atoms with E-state index >= 15 is 0 Å². The van der Waals surface area contributed by atoms with Crippen LogP contribution in [0.2, 0.25) is 5.15 Å².